The number of hydrogen-bond acceptors (Lipinski definition) is 3. The van der Waals surface area contributed by atoms with Crippen molar-refractivity contribution in [2.45, 2.75) is 52.5 Å². The van der Waals surface area contributed by atoms with Crippen molar-refractivity contribution >= 4 is 6.03 Å². The van der Waals surface area contributed by atoms with Gasteiger partial charge in [0.15, 0.2) is 5.89 Å². The molecule has 5 heteroatoms. The lowest BCUT2D eigenvalue weighted by Gasteiger charge is -2.12. The minimum atomic E-state index is -0.150. The number of rotatable bonds is 6. The van der Waals surface area contributed by atoms with Crippen LogP contribution in [0.5, 0.6) is 0 Å². The van der Waals surface area contributed by atoms with Crippen LogP contribution in [0.3, 0.4) is 0 Å². The van der Waals surface area contributed by atoms with Crippen molar-refractivity contribution in [3.8, 4) is 0 Å². The molecule has 0 aliphatic rings. The number of aryl methyl sites for hydroxylation is 2. The maximum atomic E-state index is 11.8. The van der Waals surface area contributed by atoms with Crippen molar-refractivity contribution in [2.75, 3.05) is 6.54 Å². The van der Waals surface area contributed by atoms with E-state index in [1.807, 2.05) is 37.3 Å². The predicted octanol–water partition coefficient (Wildman–Crippen LogP) is 3.71. The summed E-state index contributed by atoms with van der Waals surface area (Å²) in [4.78, 5) is 16.3. The van der Waals surface area contributed by atoms with E-state index in [-0.39, 0.29) is 11.4 Å². The quantitative estimate of drug-likeness (QED) is 0.794. The molecule has 130 valence electrons. The predicted molar refractivity (Wildman–Crippen MR) is 94.9 cm³/mol. The normalized spacial score (nSPS) is 11.3. The fraction of sp³-hybridized carbons (Fsp3) is 0.474. The molecule has 1 heterocycles. The van der Waals surface area contributed by atoms with E-state index in [2.05, 4.69) is 36.4 Å². The number of nitrogens with zero attached hydrogens (tertiary/aromatic N) is 1. The summed E-state index contributed by atoms with van der Waals surface area (Å²) in [5.41, 5.74) is 1.94. The van der Waals surface area contributed by atoms with Crippen LogP contribution >= 0.6 is 0 Å². The molecule has 0 unspecified atom stereocenters. The largest absolute Gasteiger partial charge is 0.445 e. The van der Waals surface area contributed by atoms with Gasteiger partial charge in [-0.15, -0.1) is 0 Å². The van der Waals surface area contributed by atoms with Gasteiger partial charge in [-0.1, -0.05) is 51.1 Å². The monoisotopic (exact) mass is 329 g/mol. The Balaban J connectivity index is 1.69. The number of aromatic nitrogens is 1. The minimum Gasteiger partial charge on any atom is -0.445 e. The second-order valence-corrected chi connectivity index (χ2v) is 6.98. The molecule has 0 radical (unpaired) electrons. The number of amides is 2. The number of hydrogen-bond donors (Lipinski definition) is 2. The molecule has 0 aliphatic heterocycles. The van der Waals surface area contributed by atoms with Gasteiger partial charge in [0.05, 0.1) is 5.69 Å². The molecule has 2 aromatic rings. The fourth-order valence-electron chi connectivity index (χ4n) is 2.27. The number of nitrogens with one attached hydrogen (secondary N) is 2. The summed E-state index contributed by atoms with van der Waals surface area (Å²) in [6.45, 7) is 9.35. The topological polar surface area (TPSA) is 67.2 Å². The van der Waals surface area contributed by atoms with Gasteiger partial charge in [0.25, 0.3) is 0 Å². The molecule has 0 spiro atoms. The van der Waals surface area contributed by atoms with Crippen LogP contribution < -0.4 is 10.6 Å². The molecule has 0 bridgehead atoms. The number of carbonyl (C=O) groups excluding carboxylic acids is 1. The Morgan fingerprint density at radius 3 is 2.50 bits per heavy atom. The van der Waals surface area contributed by atoms with Gasteiger partial charge < -0.3 is 15.1 Å². The Bertz CT molecular complexity index is 657. The highest BCUT2D eigenvalue weighted by Crippen LogP contribution is 2.24. The first kappa shape index (κ1) is 18.0. The summed E-state index contributed by atoms with van der Waals surface area (Å²) < 4.78 is 5.85. The van der Waals surface area contributed by atoms with E-state index in [0.717, 1.165) is 35.7 Å². The minimum absolute atomic E-state index is 0.0847. The third-order valence-corrected chi connectivity index (χ3v) is 3.70. The van der Waals surface area contributed by atoms with Crippen LogP contribution in [0.15, 0.2) is 34.7 Å². The lowest BCUT2D eigenvalue weighted by molar-refractivity contribution is 0.240. The third kappa shape index (κ3) is 5.41. The molecule has 2 rings (SSSR count). The average molecular weight is 329 g/mol. The van der Waals surface area contributed by atoms with Crippen LogP contribution in [0.2, 0.25) is 0 Å². The number of urea groups is 1. The molecule has 0 saturated carbocycles. The van der Waals surface area contributed by atoms with E-state index in [1.54, 1.807) is 0 Å². The van der Waals surface area contributed by atoms with Crippen LogP contribution in [0, 0.1) is 6.92 Å². The van der Waals surface area contributed by atoms with E-state index in [9.17, 15) is 4.79 Å². The molecule has 0 atom stereocenters. The van der Waals surface area contributed by atoms with Crippen molar-refractivity contribution in [2.24, 2.45) is 0 Å². The SMILES string of the molecule is Cc1nc(C(C)(C)C)oc1CCCNC(=O)NCc1ccccc1. The number of carbonyl (C=O) groups is 1. The van der Waals surface area contributed by atoms with Gasteiger partial charge in [-0.2, -0.15) is 0 Å². The summed E-state index contributed by atoms with van der Waals surface area (Å²) >= 11 is 0. The summed E-state index contributed by atoms with van der Waals surface area (Å²) in [6.07, 6.45) is 1.59. The van der Waals surface area contributed by atoms with E-state index in [1.165, 1.54) is 0 Å². The molecule has 24 heavy (non-hydrogen) atoms. The van der Waals surface area contributed by atoms with Crippen molar-refractivity contribution in [1.82, 2.24) is 15.6 Å². The average Bonchev–Trinajstić information content (AvgIpc) is 2.92. The van der Waals surface area contributed by atoms with Crippen LogP contribution in [0.25, 0.3) is 0 Å². The first-order valence-electron chi connectivity index (χ1n) is 8.38. The van der Waals surface area contributed by atoms with Gasteiger partial charge in [-0.25, -0.2) is 9.78 Å². The van der Waals surface area contributed by atoms with Crippen LogP contribution in [-0.4, -0.2) is 17.6 Å². The molecular formula is C19H27N3O2. The molecule has 0 fully saturated rings. The Hall–Kier alpha value is -2.30. The summed E-state index contributed by atoms with van der Waals surface area (Å²) in [6, 6.07) is 9.70. The van der Waals surface area contributed by atoms with Gasteiger partial charge in [0, 0.05) is 24.9 Å². The molecule has 5 nitrogen and oxygen atoms in total. The van der Waals surface area contributed by atoms with Gasteiger partial charge in [-0.3, -0.25) is 0 Å². The van der Waals surface area contributed by atoms with E-state index < -0.39 is 0 Å². The second kappa shape index (κ2) is 7.99. The van der Waals surface area contributed by atoms with Crippen molar-refractivity contribution in [1.29, 1.82) is 0 Å². The highest BCUT2D eigenvalue weighted by Gasteiger charge is 2.21. The van der Waals surface area contributed by atoms with Gasteiger partial charge in [0.1, 0.15) is 5.76 Å². The van der Waals surface area contributed by atoms with Crippen molar-refractivity contribution in [3.05, 3.63) is 53.2 Å². The highest BCUT2D eigenvalue weighted by atomic mass is 16.4. The van der Waals surface area contributed by atoms with Crippen molar-refractivity contribution < 1.29 is 9.21 Å². The van der Waals surface area contributed by atoms with E-state index in [0.29, 0.717) is 13.1 Å². The molecule has 0 aliphatic carbocycles. The zero-order chi connectivity index (χ0) is 17.6. The van der Waals surface area contributed by atoms with E-state index in [4.69, 9.17) is 4.42 Å². The lowest BCUT2D eigenvalue weighted by atomic mass is 9.97. The molecule has 0 saturated heterocycles. The lowest BCUT2D eigenvalue weighted by Crippen LogP contribution is -2.35. The first-order valence-corrected chi connectivity index (χ1v) is 8.38. The second-order valence-electron chi connectivity index (χ2n) is 6.98. The fourth-order valence-corrected chi connectivity index (χ4v) is 2.27. The first-order chi connectivity index (χ1) is 11.4. The Labute approximate surface area is 143 Å². The van der Waals surface area contributed by atoms with Gasteiger partial charge >= 0.3 is 6.03 Å². The van der Waals surface area contributed by atoms with Crippen molar-refractivity contribution in [3.63, 3.8) is 0 Å². The smallest absolute Gasteiger partial charge is 0.315 e. The van der Waals surface area contributed by atoms with Crippen LogP contribution in [-0.2, 0) is 18.4 Å². The van der Waals surface area contributed by atoms with Crippen LogP contribution in [0.4, 0.5) is 4.79 Å². The standard InChI is InChI=1S/C19H27N3O2/c1-14-16(24-17(22-14)19(2,3)4)11-8-12-20-18(23)21-13-15-9-6-5-7-10-15/h5-7,9-10H,8,11-13H2,1-4H3,(H2,20,21,23). The Kier molecular flexibility index (Phi) is 6.01. The van der Waals surface area contributed by atoms with E-state index >= 15 is 0 Å². The summed E-state index contributed by atoms with van der Waals surface area (Å²) in [5.74, 6) is 1.68. The molecule has 1 aromatic carbocycles. The molecular weight excluding hydrogens is 302 g/mol. The molecule has 2 N–H and O–H groups in total. The van der Waals surface area contributed by atoms with Gasteiger partial charge in [-0.05, 0) is 18.9 Å². The zero-order valence-electron chi connectivity index (χ0n) is 15.0. The Morgan fingerprint density at radius 2 is 1.88 bits per heavy atom. The zero-order valence-corrected chi connectivity index (χ0v) is 15.0. The number of oxazole rings is 1. The number of benzene rings is 1. The van der Waals surface area contributed by atoms with Crippen LogP contribution in [0.1, 0.15) is 50.1 Å². The summed E-state index contributed by atoms with van der Waals surface area (Å²) in [5, 5.41) is 5.71. The summed E-state index contributed by atoms with van der Waals surface area (Å²) in [7, 11) is 0. The highest BCUT2D eigenvalue weighted by molar-refractivity contribution is 5.73. The van der Waals surface area contributed by atoms with Gasteiger partial charge in [0.2, 0.25) is 0 Å². The molecule has 2 amide bonds. The maximum Gasteiger partial charge on any atom is 0.315 e. The molecule has 1 aromatic heterocycles. The maximum absolute atomic E-state index is 11.8. The Morgan fingerprint density at radius 1 is 1.17 bits per heavy atom. The third-order valence-electron chi connectivity index (χ3n) is 3.70.